The van der Waals surface area contributed by atoms with Crippen LogP contribution < -0.4 is 10.7 Å². The molecule has 3 N–H and O–H groups in total. The number of nitrogens with zero attached hydrogens (tertiary/aromatic N) is 2. The van der Waals surface area contributed by atoms with Crippen LogP contribution in [0, 0.1) is 0 Å². The Bertz CT molecular complexity index is 442. The zero-order valence-electron chi connectivity index (χ0n) is 8.71. The first-order valence-electron chi connectivity index (χ1n) is 4.92. The van der Waals surface area contributed by atoms with Gasteiger partial charge in [-0.2, -0.15) is 0 Å². The molecule has 1 unspecified atom stereocenters. The zero-order chi connectivity index (χ0) is 12.4. The fourth-order valence-electron chi connectivity index (χ4n) is 1.36. The van der Waals surface area contributed by atoms with Crippen LogP contribution in [-0.4, -0.2) is 53.2 Å². The monoisotopic (exact) mass is 238 g/mol. The van der Waals surface area contributed by atoms with Crippen molar-refractivity contribution in [3.8, 4) is 0 Å². The van der Waals surface area contributed by atoms with E-state index in [4.69, 9.17) is 5.11 Å². The van der Waals surface area contributed by atoms with Crippen LogP contribution in [0.15, 0.2) is 16.8 Å². The molecule has 0 aromatic heterocycles. The predicted octanol–water partition coefficient (Wildman–Crippen LogP) is -2.06. The van der Waals surface area contributed by atoms with Crippen LogP contribution in [0.4, 0.5) is 4.79 Å². The summed E-state index contributed by atoms with van der Waals surface area (Å²) in [6.45, 7) is 0.789. The number of aliphatic hydroxyl groups is 1. The van der Waals surface area contributed by atoms with E-state index in [1.807, 2.05) is 0 Å². The molecule has 2 heterocycles. The van der Waals surface area contributed by atoms with Gasteiger partial charge in [0.1, 0.15) is 5.70 Å². The molecule has 2 aliphatic rings. The quantitative estimate of drug-likeness (QED) is 0.513. The van der Waals surface area contributed by atoms with Crippen molar-refractivity contribution in [2.24, 2.45) is 4.99 Å². The molecule has 0 aromatic carbocycles. The van der Waals surface area contributed by atoms with Crippen molar-refractivity contribution >= 4 is 23.9 Å². The summed E-state index contributed by atoms with van der Waals surface area (Å²) >= 11 is 0. The third kappa shape index (κ3) is 2.31. The maximum atomic E-state index is 11.6. The smallest absolute Gasteiger partial charge is 0.336 e. The van der Waals surface area contributed by atoms with E-state index >= 15 is 0 Å². The molecule has 1 fully saturated rings. The Kier molecular flexibility index (Phi) is 2.88. The molecule has 0 spiro atoms. The van der Waals surface area contributed by atoms with Gasteiger partial charge in [-0.15, -0.1) is 0 Å². The first kappa shape index (κ1) is 11.3. The Hall–Kier alpha value is -2.22. The van der Waals surface area contributed by atoms with E-state index in [0.717, 1.165) is 17.3 Å². The minimum absolute atomic E-state index is 0.139. The highest BCUT2D eigenvalue weighted by Crippen LogP contribution is 2.05. The lowest BCUT2D eigenvalue weighted by Crippen LogP contribution is -2.45. The van der Waals surface area contributed by atoms with Crippen LogP contribution in [0.1, 0.15) is 0 Å². The normalized spacial score (nSPS) is 23.5. The Morgan fingerprint density at radius 3 is 2.94 bits per heavy atom. The Labute approximate surface area is 96.0 Å². The number of nitrogens with one attached hydrogen (secondary N) is 2. The van der Waals surface area contributed by atoms with Crippen LogP contribution in [0.2, 0.25) is 0 Å². The van der Waals surface area contributed by atoms with Gasteiger partial charge in [-0.3, -0.25) is 20.0 Å². The second kappa shape index (κ2) is 4.34. The van der Waals surface area contributed by atoms with Gasteiger partial charge in [-0.25, -0.2) is 9.80 Å². The predicted molar refractivity (Wildman–Crippen MR) is 55.8 cm³/mol. The number of hydrogen-bond acceptors (Lipinski definition) is 5. The molecule has 17 heavy (non-hydrogen) atoms. The molecule has 1 saturated heterocycles. The number of amides is 3. The van der Waals surface area contributed by atoms with Gasteiger partial charge < -0.3 is 10.4 Å². The highest BCUT2D eigenvalue weighted by Gasteiger charge is 2.25. The lowest BCUT2D eigenvalue weighted by atomic mass is 10.1. The average Bonchev–Trinajstić information content (AvgIpc) is 2.68. The van der Waals surface area contributed by atoms with Crippen LogP contribution in [-0.2, 0) is 9.59 Å². The second-order valence-electron chi connectivity index (χ2n) is 3.48. The number of hydrazine groups is 1. The van der Waals surface area contributed by atoms with E-state index in [1.54, 1.807) is 0 Å². The highest BCUT2D eigenvalue weighted by molar-refractivity contribution is 6.12. The summed E-state index contributed by atoms with van der Waals surface area (Å²) in [4.78, 5) is 37.5. The van der Waals surface area contributed by atoms with Crippen molar-refractivity contribution in [3.05, 3.63) is 11.8 Å². The molecule has 2 rings (SSSR count). The van der Waals surface area contributed by atoms with Gasteiger partial charge in [-0.1, -0.05) is 0 Å². The number of carbonyl (C=O) groups excluding carboxylic acids is 3. The standard InChI is InChI=1S/C9H10N4O4/c14-6-3-5(11-4-7(6)15)8(16)12-13-2-1-10-9(13)17/h3-4,7,15H,1-2H2,(H,10,17)(H,12,16). The molecule has 0 aliphatic carbocycles. The average molecular weight is 238 g/mol. The number of rotatable bonds is 2. The molecule has 90 valence electrons. The van der Waals surface area contributed by atoms with Gasteiger partial charge in [0.2, 0.25) is 0 Å². The summed E-state index contributed by atoms with van der Waals surface area (Å²) in [6.07, 6.45) is 0.608. The minimum Gasteiger partial charge on any atom is -0.379 e. The van der Waals surface area contributed by atoms with Crippen LogP contribution in [0.25, 0.3) is 0 Å². The van der Waals surface area contributed by atoms with E-state index in [2.05, 4.69) is 15.7 Å². The van der Waals surface area contributed by atoms with Gasteiger partial charge in [0.25, 0.3) is 5.91 Å². The number of aliphatic hydroxyl groups excluding tert-OH is 1. The van der Waals surface area contributed by atoms with Crippen molar-refractivity contribution in [2.75, 3.05) is 13.1 Å². The SMILES string of the molecule is O=C(NN1CCNC1=O)C1=CC(=O)C(O)C=N1. The van der Waals surface area contributed by atoms with E-state index in [-0.39, 0.29) is 5.70 Å². The molecular formula is C9H10N4O4. The first-order valence-corrected chi connectivity index (χ1v) is 4.92. The molecular weight excluding hydrogens is 228 g/mol. The number of urea groups is 1. The fourth-order valence-corrected chi connectivity index (χ4v) is 1.36. The molecule has 0 saturated carbocycles. The minimum atomic E-state index is -1.30. The van der Waals surface area contributed by atoms with E-state index in [0.29, 0.717) is 13.1 Å². The van der Waals surface area contributed by atoms with Crippen LogP contribution in [0.5, 0.6) is 0 Å². The maximum Gasteiger partial charge on any atom is 0.336 e. The van der Waals surface area contributed by atoms with Gasteiger partial charge in [0.15, 0.2) is 11.9 Å². The fraction of sp³-hybridized carbons (Fsp3) is 0.333. The van der Waals surface area contributed by atoms with Gasteiger partial charge in [0.05, 0.1) is 6.54 Å². The Morgan fingerprint density at radius 1 is 1.59 bits per heavy atom. The summed E-state index contributed by atoms with van der Waals surface area (Å²) < 4.78 is 0. The largest absolute Gasteiger partial charge is 0.379 e. The summed E-state index contributed by atoms with van der Waals surface area (Å²) in [7, 11) is 0. The lowest BCUT2D eigenvalue weighted by Gasteiger charge is -2.16. The molecule has 0 radical (unpaired) electrons. The first-order chi connectivity index (χ1) is 8.08. The van der Waals surface area contributed by atoms with Crippen LogP contribution in [0.3, 0.4) is 0 Å². The summed E-state index contributed by atoms with van der Waals surface area (Å²) in [5.41, 5.74) is 2.16. The topological polar surface area (TPSA) is 111 Å². The van der Waals surface area contributed by atoms with Crippen molar-refractivity contribution in [1.29, 1.82) is 0 Å². The molecule has 8 heteroatoms. The van der Waals surface area contributed by atoms with Crippen molar-refractivity contribution < 1.29 is 19.5 Å². The Morgan fingerprint density at radius 2 is 2.35 bits per heavy atom. The molecule has 2 aliphatic heterocycles. The number of aliphatic imine (C=N–C) groups is 1. The third-order valence-corrected chi connectivity index (χ3v) is 2.25. The van der Waals surface area contributed by atoms with Crippen LogP contribution >= 0.6 is 0 Å². The van der Waals surface area contributed by atoms with Crippen molar-refractivity contribution in [1.82, 2.24) is 15.8 Å². The number of carbonyl (C=O) groups is 3. The molecule has 3 amide bonds. The molecule has 0 aromatic rings. The second-order valence-corrected chi connectivity index (χ2v) is 3.48. The van der Waals surface area contributed by atoms with Crippen molar-refractivity contribution in [2.45, 2.75) is 6.10 Å². The summed E-state index contributed by atoms with van der Waals surface area (Å²) in [6, 6.07) is -0.412. The van der Waals surface area contributed by atoms with E-state index in [1.165, 1.54) is 0 Å². The summed E-state index contributed by atoms with van der Waals surface area (Å²) in [5.74, 6) is -1.28. The van der Waals surface area contributed by atoms with Gasteiger partial charge in [0, 0.05) is 18.8 Å². The maximum absolute atomic E-state index is 11.6. The van der Waals surface area contributed by atoms with E-state index in [9.17, 15) is 14.4 Å². The third-order valence-electron chi connectivity index (χ3n) is 2.25. The molecule has 1 atom stereocenters. The molecule has 8 nitrogen and oxygen atoms in total. The summed E-state index contributed by atoms with van der Waals surface area (Å²) in [5, 5.41) is 12.6. The lowest BCUT2D eigenvalue weighted by molar-refractivity contribution is -0.122. The highest BCUT2D eigenvalue weighted by atomic mass is 16.3. The van der Waals surface area contributed by atoms with Gasteiger partial charge in [-0.05, 0) is 0 Å². The van der Waals surface area contributed by atoms with Crippen molar-refractivity contribution in [3.63, 3.8) is 0 Å². The zero-order valence-corrected chi connectivity index (χ0v) is 8.71. The Balaban J connectivity index is 2.01. The van der Waals surface area contributed by atoms with Gasteiger partial charge >= 0.3 is 6.03 Å². The van der Waals surface area contributed by atoms with E-state index < -0.39 is 23.8 Å². The number of ketones is 1. The number of hydrogen-bond donors (Lipinski definition) is 3. The molecule has 0 bridgehead atoms.